The zero-order chi connectivity index (χ0) is 18.3. The summed E-state index contributed by atoms with van der Waals surface area (Å²) in [5, 5.41) is 7.38. The minimum absolute atomic E-state index is 0.0284. The molecule has 0 fully saturated rings. The zero-order valence-corrected chi connectivity index (χ0v) is 13.1. The van der Waals surface area contributed by atoms with Gasteiger partial charge in [0, 0.05) is 24.3 Å². The van der Waals surface area contributed by atoms with Crippen molar-refractivity contribution in [3.63, 3.8) is 0 Å². The number of carbonyl (C=O) groups excluding carboxylic acids is 2. The lowest BCUT2D eigenvalue weighted by atomic mass is 10.2. The van der Waals surface area contributed by atoms with E-state index < -0.39 is 17.8 Å². The van der Waals surface area contributed by atoms with Gasteiger partial charge in [0.1, 0.15) is 0 Å². The Balaban J connectivity index is 1.75. The van der Waals surface area contributed by atoms with Gasteiger partial charge in [-0.3, -0.25) is 4.79 Å². The predicted octanol–water partition coefficient (Wildman–Crippen LogP) is 3.26. The van der Waals surface area contributed by atoms with Crippen molar-refractivity contribution in [3.05, 3.63) is 65.7 Å². The first-order valence-corrected chi connectivity index (χ1v) is 7.41. The molecule has 2 rings (SSSR count). The average Bonchev–Trinajstić information content (AvgIpc) is 2.59. The number of carbonyl (C=O) groups is 2. The maximum Gasteiger partial charge on any atom is 0.416 e. The van der Waals surface area contributed by atoms with Crippen molar-refractivity contribution in [2.75, 3.05) is 18.4 Å². The summed E-state index contributed by atoms with van der Waals surface area (Å²) in [5.41, 5.74) is -0.322. The first kappa shape index (κ1) is 18.3. The fourth-order valence-corrected chi connectivity index (χ4v) is 1.99. The maximum atomic E-state index is 12.6. The highest BCUT2D eigenvalue weighted by Gasteiger charge is 2.30. The minimum Gasteiger partial charge on any atom is -0.350 e. The van der Waals surface area contributed by atoms with E-state index in [2.05, 4.69) is 16.0 Å². The second-order valence-corrected chi connectivity index (χ2v) is 5.08. The Morgan fingerprint density at radius 3 is 2.24 bits per heavy atom. The van der Waals surface area contributed by atoms with Gasteiger partial charge >= 0.3 is 12.2 Å². The Hall–Kier alpha value is -3.03. The van der Waals surface area contributed by atoms with E-state index in [-0.39, 0.29) is 24.7 Å². The SMILES string of the molecule is O=C(NCCNC(=O)c1ccccc1)Nc1cccc(C(F)(F)F)c1. The molecule has 2 aromatic rings. The molecule has 8 heteroatoms. The molecule has 3 N–H and O–H groups in total. The molecule has 0 radical (unpaired) electrons. The van der Waals surface area contributed by atoms with E-state index in [9.17, 15) is 22.8 Å². The number of nitrogens with one attached hydrogen (secondary N) is 3. The summed E-state index contributed by atoms with van der Waals surface area (Å²) < 4.78 is 37.8. The van der Waals surface area contributed by atoms with E-state index in [1.807, 2.05) is 0 Å². The van der Waals surface area contributed by atoms with Crippen LogP contribution in [0.15, 0.2) is 54.6 Å². The van der Waals surface area contributed by atoms with Gasteiger partial charge in [0.15, 0.2) is 0 Å². The number of rotatable bonds is 5. The van der Waals surface area contributed by atoms with Gasteiger partial charge < -0.3 is 16.0 Å². The molecule has 132 valence electrons. The van der Waals surface area contributed by atoms with Crippen molar-refractivity contribution in [1.29, 1.82) is 0 Å². The van der Waals surface area contributed by atoms with Gasteiger partial charge in [-0.05, 0) is 30.3 Å². The first-order valence-electron chi connectivity index (χ1n) is 7.41. The highest BCUT2D eigenvalue weighted by molar-refractivity contribution is 5.94. The molecular formula is C17H16F3N3O2. The van der Waals surface area contributed by atoms with Crippen molar-refractivity contribution >= 4 is 17.6 Å². The molecule has 0 aromatic heterocycles. The Kier molecular flexibility index (Phi) is 5.99. The summed E-state index contributed by atoms with van der Waals surface area (Å²) in [7, 11) is 0. The molecular weight excluding hydrogens is 335 g/mol. The molecule has 0 spiro atoms. The highest BCUT2D eigenvalue weighted by Crippen LogP contribution is 2.30. The van der Waals surface area contributed by atoms with E-state index in [0.29, 0.717) is 5.56 Å². The van der Waals surface area contributed by atoms with Crippen molar-refractivity contribution in [2.24, 2.45) is 0 Å². The van der Waals surface area contributed by atoms with Crippen molar-refractivity contribution in [3.8, 4) is 0 Å². The van der Waals surface area contributed by atoms with Crippen LogP contribution in [0, 0.1) is 0 Å². The summed E-state index contributed by atoms with van der Waals surface area (Å²) in [6, 6.07) is 12.2. The van der Waals surface area contributed by atoms with Crippen LogP contribution in [0.4, 0.5) is 23.7 Å². The van der Waals surface area contributed by atoms with Crippen LogP contribution < -0.4 is 16.0 Å². The molecule has 3 amide bonds. The summed E-state index contributed by atoms with van der Waals surface area (Å²) in [5.74, 6) is -0.277. The monoisotopic (exact) mass is 351 g/mol. The largest absolute Gasteiger partial charge is 0.416 e. The molecule has 0 saturated carbocycles. The lowest BCUT2D eigenvalue weighted by molar-refractivity contribution is -0.137. The van der Waals surface area contributed by atoms with Crippen molar-refractivity contribution in [1.82, 2.24) is 10.6 Å². The zero-order valence-electron chi connectivity index (χ0n) is 13.1. The highest BCUT2D eigenvalue weighted by atomic mass is 19.4. The Morgan fingerprint density at radius 2 is 1.56 bits per heavy atom. The van der Waals surface area contributed by atoms with E-state index in [4.69, 9.17) is 0 Å². The van der Waals surface area contributed by atoms with Crippen LogP contribution in [-0.4, -0.2) is 25.0 Å². The lowest BCUT2D eigenvalue weighted by Gasteiger charge is -2.11. The van der Waals surface area contributed by atoms with Crippen LogP contribution >= 0.6 is 0 Å². The first-order chi connectivity index (χ1) is 11.9. The van der Waals surface area contributed by atoms with Gasteiger partial charge in [0.25, 0.3) is 5.91 Å². The molecule has 25 heavy (non-hydrogen) atoms. The normalized spacial score (nSPS) is 10.8. The number of benzene rings is 2. The molecule has 0 aliphatic rings. The van der Waals surface area contributed by atoms with Gasteiger partial charge in [-0.25, -0.2) is 4.79 Å². The Labute approximate surface area is 142 Å². The van der Waals surface area contributed by atoms with Crippen LogP contribution in [0.1, 0.15) is 15.9 Å². The molecule has 0 saturated heterocycles. The third-order valence-corrected chi connectivity index (χ3v) is 3.18. The molecule has 0 aliphatic heterocycles. The number of alkyl halides is 3. The van der Waals surface area contributed by atoms with Crippen LogP contribution in [0.5, 0.6) is 0 Å². The second-order valence-electron chi connectivity index (χ2n) is 5.08. The third kappa shape index (κ3) is 5.83. The predicted molar refractivity (Wildman–Crippen MR) is 87.2 cm³/mol. The quantitative estimate of drug-likeness (QED) is 0.724. The van der Waals surface area contributed by atoms with E-state index in [1.54, 1.807) is 30.3 Å². The fraction of sp³-hybridized carbons (Fsp3) is 0.176. The molecule has 0 bridgehead atoms. The summed E-state index contributed by atoms with van der Waals surface area (Å²) >= 11 is 0. The number of anilines is 1. The number of hydrogen-bond donors (Lipinski definition) is 3. The lowest BCUT2D eigenvalue weighted by Crippen LogP contribution is -2.36. The number of hydrogen-bond acceptors (Lipinski definition) is 2. The average molecular weight is 351 g/mol. The smallest absolute Gasteiger partial charge is 0.350 e. The Bertz CT molecular complexity index is 733. The summed E-state index contributed by atoms with van der Waals surface area (Å²) in [6.45, 7) is 0.313. The molecule has 0 atom stereocenters. The van der Waals surface area contributed by atoms with Gasteiger partial charge in [0.05, 0.1) is 5.56 Å². The van der Waals surface area contributed by atoms with E-state index >= 15 is 0 Å². The molecule has 0 heterocycles. The summed E-state index contributed by atoms with van der Waals surface area (Å²) in [6.07, 6.45) is -4.48. The number of urea groups is 1. The Morgan fingerprint density at radius 1 is 0.880 bits per heavy atom. The maximum absolute atomic E-state index is 12.6. The topological polar surface area (TPSA) is 70.2 Å². The van der Waals surface area contributed by atoms with Crippen LogP contribution in [0.25, 0.3) is 0 Å². The molecule has 0 unspecified atom stereocenters. The van der Waals surface area contributed by atoms with Gasteiger partial charge in [-0.1, -0.05) is 24.3 Å². The standard InChI is InChI=1S/C17H16F3N3O2/c18-17(19,20)13-7-4-8-14(11-13)23-16(25)22-10-9-21-15(24)12-5-2-1-3-6-12/h1-8,11H,9-10H2,(H,21,24)(H2,22,23,25). The molecule has 2 aromatic carbocycles. The van der Waals surface area contributed by atoms with Crippen molar-refractivity contribution in [2.45, 2.75) is 6.18 Å². The third-order valence-electron chi connectivity index (χ3n) is 3.18. The van der Waals surface area contributed by atoms with Crippen LogP contribution in [-0.2, 0) is 6.18 Å². The van der Waals surface area contributed by atoms with Crippen LogP contribution in [0.3, 0.4) is 0 Å². The fourth-order valence-electron chi connectivity index (χ4n) is 1.99. The second kappa shape index (κ2) is 8.18. The van der Waals surface area contributed by atoms with Crippen molar-refractivity contribution < 1.29 is 22.8 Å². The van der Waals surface area contributed by atoms with E-state index in [0.717, 1.165) is 12.1 Å². The summed E-state index contributed by atoms with van der Waals surface area (Å²) in [4.78, 5) is 23.4. The molecule has 5 nitrogen and oxygen atoms in total. The van der Waals surface area contributed by atoms with Gasteiger partial charge in [0.2, 0.25) is 0 Å². The molecule has 0 aliphatic carbocycles. The minimum atomic E-state index is -4.48. The van der Waals surface area contributed by atoms with E-state index in [1.165, 1.54) is 12.1 Å². The van der Waals surface area contributed by atoms with Crippen LogP contribution in [0.2, 0.25) is 0 Å². The van der Waals surface area contributed by atoms with Gasteiger partial charge in [-0.15, -0.1) is 0 Å². The number of amides is 3. The van der Waals surface area contributed by atoms with Gasteiger partial charge in [-0.2, -0.15) is 13.2 Å². The number of halogens is 3.